The highest BCUT2D eigenvalue weighted by Gasteiger charge is 2.01. The molecule has 2 N–H and O–H groups in total. The molecule has 22 heavy (non-hydrogen) atoms. The summed E-state index contributed by atoms with van der Waals surface area (Å²) < 4.78 is 6.45. The van der Waals surface area contributed by atoms with Crippen molar-refractivity contribution in [2.45, 2.75) is 20.3 Å². The number of nitrogens with zero attached hydrogens (tertiary/aromatic N) is 2. The van der Waals surface area contributed by atoms with Gasteiger partial charge < -0.3 is 4.74 Å². The van der Waals surface area contributed by atoms with Gasteiger partial charge in [0.25, 0.3) is 5.56 Å². The SMILES string of the molecule is CCCOc1ccc(/C=N\Nc2nc(C)cc(=O)[nH]2)cc1Br. The van der Waals surface area contributed by atoms with Gasteiger partial charge in [0.15, 0.2) is 0 Å². The van der Waals surface area contributed by atoms with Gasteiger partial charge in [0.1, 0.15) is 5.75 Å². The summed E-state index contributed by atoms with van der Waals surface area (Å²) >= 11 is 3.47. The van der Waals surface area contributed by atoms with E-state index < -0.39 is 0 Å². The van der Waals surface area contributed by atoms with E-state index in [4.69, 9.17) is 4.74 Å². The number of hydrazone groups is 1. The lowest BCUT2D eigenvalue weighted by atomic mass is 10.2. The number of aryl methyl sites for hydroxylation is 1. The highest BCUT2D eigenvalue weighted by Crippen LogP contribution is 2.25. The third kappa shape index (κ3) is 4.70. The largest absolute Gasteiger partial charge is 0.492 e. The van der Waals surface area contributed by atoms with Crippen molar-refractivity contribution >= 4 is 28.1 Å². The Labute approximate surface area is 136 Å². The number of nitrogens with one attached hydrogen (secondary N) is 2. The molecule has 0 saturated carbocycles. The number of benzene rings is 1. The number of aromatic nitrogens is 2. The second kappa shape index (κ2) is 7.74. The van der Waals surface area contributed by atoms with E-state index in [1.54, 1.807) is 13.1 Å². The maximum Gasteiger partial charge on any atom is 0.252 e. The van der Waals surface area contributed by atoms with Crippen LogP contribution in [0.4, 0.5) is 5.95 Å². The molecule has 6 nitrogen and oxygen atoms in total. The van der Waals surface area contributed by atoms with Crippen LogP contribution in [0.1, 0.15) is 24.6 Å². The van der Waals surface area contributed by atoms with E-state index in [1.807, 2.05) is 18.2 Å². The average molecular weight is 365 g/mol. The standard InChI is InChI=1S/C15H17BrN4O2/c1-3-6-22-13-5-4-11(8-12(13)16)9-17-20-15-18-10(2)7-14(21)19-15/h4-5,7-9H,3,6H2,1-2H3,(H2,18,19,20,21)/b17-9-. The quantitative estimate of drug-likeness (QED) is 0.609. The summed E-state index contributed by atoms with van der Waals surface area (Å²) in [5.41, 5.74) is 4.00. The summed E-state index contributed by atoms with van der Waals surface area (Å²) in [6.45, 7) is 4.49. The third-order valence-corrected chi connectivity index (χ3v) is 3.29. The molecule has 0 bridgehead atoms. The van der Waals surface area contributed by atoms with Crippen molar-refractivity contribution in [1.82, 2.24) is 9.97 Å². The van der Waals surface area contributed by atoms with E-state index >= 15 is 0 Å². The van der Waals surface area contributed by atoms with Gasteiger partial charge in [-0.2, -0.15) is 5.10 Å². The van der Waals surface area contributed by atoms with Gasteiger partial charge in [0, 0.05) is 11.8 Å². The lowest BCUT2D eigenvalue weighted by Crippen LogP contribution is -2.10. The summed E-state index contributed by atoms with van der Waals surface area (Å²) in [6, 6.07) is 7.10. The van der Waals surface area contributed by atoms with Crippen molar-refractivity contribution in [2.24, 2.45) is 5.10 Å². The predicted octanol–water partition coefficient (Wildman–Crippen LogP) is 3.08. The normalized spacial score (nSPS) is 10.9. The molecule has 116 valence electrons. The van der Waals surface area contributed by atoms with Gasteiger partial charge in [-0.1, -0.05) is 6.92 Å². The number of halogens is 1. The highest BCUT2D eigenvalue weighted by atomic mass is 79.9. The lowest BCUT2D eigenvalue weighted by Gasteiger charge is -2.07. The summed E-state index contributed by atoms with van der Waals surface area (Å²) in [4.78, 5) is 18.0. The summed E-state index contributed by atoms with van der Waals surface area (Å²) in [6.07, 6.45) is 2.60. The Hall–Kier alpha value is -2.15. The van der Waals surface area contributed by atoms with Crippen molar-refractivity contribution in [1.29, 1.82) is 0 Å². The molecule has 1 aromatic heterocycles. The third-order valence-electron chi connectivity index (χ3n) is 2.67. The van der Waals surface area contributed by atoms with Gasteiger partial charge in [0.2, 0.25) is 5.95 Å². The molecule has 0 aliphatic carbocycles. The Morgan fingerprint density at radius 1 is 1.45 bits per heavy atom. The van der Waals surface area contributed by atoms with E-state index in [9.17, 15) is 4.79 Å². The molecule has 0 unspecified atom stereocenters. The smallest absolute Gasteiger partial charge is 0.252 e. The number of anilines is 1. The van der Waals surface area contributed by atoms with E-state index in [1.165, 1.54) is 6.07 Å². The number of hydrogen-bond acceptors (Lipinski definition) is 5. The first-order valence-corrected chi connectivity index (χ1v) is 7.67. The molecule has 0 spiro atoms. The monoisotopic (exact) mass is 364 g/mol. The van der Waals surface area contributed by atoms with Crippen LogP contribution in [0.25, 0.3) is 0 Å². The second-order valence-electron chi connectivity index (χ2n) is 4.64. The lowest BCUT2D eigenvalue weighted by molar-refractivity contribution is 0.315. The van der Waals surface area contributed by atoms with Gasteiger partial charge in [0.05, 0.1) is 17.3 Å². The maximum atomic E-state index is 11.3. The first-order chi connectivity index (χ1) is 10.6. The summed E-state index contributed by atoms with van der Waals surface area (Å²) in [5.74, 6) is 1.11. The van der Waals surface area contributed by atoms with E-state index in [2.05, 4.69) is 43.3 Å². The molecule has 2 aromatic rings. The molecule has 0 saturated heterocycles. The first-order valence-electron chi connectivity index (χ1n) is 6.88. The number of rotatable bonds is 6. The fraction of sp³-hybridized carbons (Fsp3) is 0.267. The Morgan fingerprint density at radius 2 is 2.27 bits per heavy atom. The number of hydrogen-bond donors (Lipinski definition) is 2. The topological polar surface area (TPSA) is 79.4 Å². The minimum absolute atomic E-state index is 0.217. The van der Waals surface area contributed by atoms with Crippen LogP contribution in [-0.2, 0) is 0 Å². The highest BCUT2D eigenvalue weighted by molar-refractivity contribution is 9.10. The molecule has 1 heterocycles. The molecular weight excluding hydrogens is 348 g/mol. The van der Waals surface area contributed by atoms with Gasteiger partial charge in [-0.05, 0) is 53.0 Å². The van der Waals surface area contributed by atoms with Gasteiger partial charge >= 0.3 is 0 Å². The number of H-pyrrole nitrogens is 1. The van der Waals surface area contributed by atoms with Crippen molar-refractivity contribution < 1.29 is 4.74 Å². The molecule has 0 fully saturated rings. The van der Waals surface area contributed by atoms with Crippen LogP contribution in [0, 0.1) is 6.92 Å². The fourth-order valence-corrected chi connectivity index (χ4v) is 2.24. The minimum Gasteiger partial charge on any atom is -0.492 e. The Kier molecular flexibility index (Phi) is 5.71. The molecule has 0 amide bonds. The number of ether oxygens (including phenoxy) is 1. The Balaban J connectivity index is 2.03. The van der Waals surface area contributed by atoms with Crippen LogP contribution in [0.15, 0.2) is 38.6 Å². The molecule has 2 rings (SSSR count). The van der Waals surface area contributed by atoms with E-state index in [0.29, 0.717) is 18.2 Å². The average Bonchev–Trinajstić information content (AvgIpc) is 2.45. The summed E-state index contributed by atoms with van der Waals surface area (Å²) in [5, 5.41) is 4.06. The molecule has 0 aliphatic rings. The van der Waals surface area contributed by atoms with Crippen LogP contribution < -0.4 is 15.7 Å². The molecule has 1 aromatic carbocycles. The predicted molar refractivity (Wildman–Crippen MR) is 90.7 cm³/mol. The molecular formula is C15H17BrN4O2. The van der Waals surface area contributed by atoms with Crippen molar-refractivity contribution in [3.05, 3.63) is 50.3 Å². The van der Waals surface area contributed by atoms with E-state index in [-0.39, 0.29) is 5.56 Å². The van der Waals surface area contributed by atoms with Gasteiger partial charge in [-0.15, -0.1) is 0 Å². The maximum absolute atomic E-state index is 11.3. The zero-order valence-corrected chi connectivity index (χ0v) is 14.0. The second-order valence-corrected chi connectivity index (χ2v) is 5.50. The Bertz CT molecular complexity index is 728. The van der Waals surface area contributed by atoms with E-state index in [0.717, 1.165) is 22.2 Å². The van der Waals surface area contributed by atoms with Gasteiger partial charge in [-0.25, -0.2) is 10.4 Å². The summed E-state index contributed by atoms with van der Waals surface area (Å²) in [7, 11) is 0. The van der Waals surface area contributed by atoms with Crippen LogP contribution in [0.3, 0.4) is 0 Å². The zero-order chi connectivity index (χ0) is 15.9. The molecule has 7 heteroatoms. The van der Waals surface area contributed by atoms with Crippen molar-refractivity contribution in [2.75, 3.05) is 12.0 Å². The van der Waals surface area contributed by atoms with Crippen LogP contribution in [-0.4, -0.2) is 22.8 Å². The number of aromatic amines is 1. The van der Waals surface area contributed by atoms with Crippen LogP contribution in [0.2, 0.25) is 0 Å². The molecule has 0 aliphatic heterocycles. The molecule has 0 atom stereocenters. The van der Waals surface area contributed by atoms with Crippen LogP contribution >= 0.6 is 15.9 Å². The zero-order valence-electron chi connectivity index (χ0n) is 12.4. The van der Waals surface area contributed by atoms with Gasteiger partial charge in [-0.3, -0.25) is 9.78 Å². The van der Waals surface area contributed by atoms with Crippen molar-refractivity contribution in [3.8, 4) is 5.75 Å². The first kappa shape index (κ1) is 16.2. The minimum atomic E-state index is -0.217. The fourth-order valence-electron chi connectivity index (χ4n) is 1.73. The Morgan fingerprint density at radius 3 is 2.95 bits per heavy atom. The van der Waals surface area contributed by atoms with Crippen molar-refractivity contribution in [3.63, 3.8) is 0 Å². The molecule has 0 radical (unpaired) electrons. The van der Waals surface area contributed by atoms with Crippen LogP contribution in [0.5, 0.6) is 5.75 Å².